The Bertz CT molecular complexity index is 595. The number of nitrogens with two attached hydrogens (primary N) is 1. The molecule has 1 rings (SSSR count). The Labute approximate surface area is 138 Å². The van der Waals surface area contributed by atoms with Crippen LogP contribution in [0.15, 0.2) is 23.1 Å². The van der Waals surface area contributed by atoms with Crippen molar-refractivity contribution in [1.29, 1.82) is 0 Å². The highest BCUT2D eigenvalue weighted by molar-refractivity contribution is 7.99. The number of anilines is 1. The third-order valence-electron chi connectivity index (χ3n) is 2.58. The summed E-state index contributed by atoms with van der Waals surface area (Å²) in [7, 11) is 0. The molecule has 1 aromatic rings. The molecule has 0 unspecified atom stereocenters. The van der Waals surface area contributed by atoms with Gasteiger partial charge in [-0.3, -0.25) is 9.59 Å². The number of amides is 2. The summed E-state index contributed by atoms with van der Waals surface area (Å²) in [6.07, 6.45) is -7.32. The van der Waals surface area contributed by atoms with Crippen molar-refractivity contribution < 1.29 is 31.5 Å². The van der Waals surface area contributed by atoms with Gasteiger partial charge in [0.15, 0.2) is 0 Å². The molecule has 0 aliphatic rings. The van der Waals surface area contributed by atoms with Crippen molar-refractivity contribution in [3.63, 3.8) is 0 Å². The third-order valence-corrected chi connectivity index (χ3v) is 3.66. The van der Waals surface area contributed by atoms with Gasteiger partial charge in [0, 0.05) is 4.90 Å². The highest BCUT2D eigenvalue weighted by atomic mass is 32.2. The second kappa shape index (κ2) is 8.83. The summed E-state index contributed by atoms with van der Waals surface area (Å²) in [6, 6.07) is 2.39. The van der Waals surface area contributed by atoms with Crippen molar-refractivity contribution >= 4 is 29.3 Å². The molecule has 5 nitrogen and oxygen atoms in total. The monoisotopic (exact) mass is 371 g/mol. The Morgan fingerprint density at radius 2 is 1.88 bits per heavy atom. The molecule has 0 aliphatic heterocycles. The second-order valence-electron chi connectivity index (χ2n) is 4.44. The molecule has 1 aromatic carbocycles. The lowest BCUT2D eigenvalue weighted by Gasteiger charge is -2.14. The molecular formula is C13H14F5N3O2S. The number of carbonyl (C=O) groups excluding carboxylic acids is 2. The van der Waals surface area contributed by atoms with E-state index in [-0.39, 0.29) is 17.1 Å². The summed E-state index contributed by atoms with van der Waals surface area (Å²) in [5, 5.41) is 4.31. The molecule has 0 fully saturated rings. The SMILES string of the molecule is NCC(=O)NCC(=O)Nc1cc(C(F)(F)F)ccc1SCC(F)F. The quantitative estimate of drug-likeness (QED) is 0.506. The zero-order valence-electron chi connectivity index (χ0n) is 12.1. The number of thioether (sulfide) groups is 1. The number of halogens is 5. The maximum atomic E-state index is 12.7. The predicted octanol–water partition coefficient (Wildman–Crippen LogP) is 2.08. The summed E-state index contributed by atoms with van der Waals surface area (Å²) in [4.78, 5) is 22.7. The van der Waals surface area contributed by atoms with Gasteiger partial charge < -0.3 is 16.4 Å². The molecular weight excluding hydrogens is 357 g/mol. The first-order valence-electron chi connectivity index (χ1n) is 6.52. The number of hydrogen-bond donors (Lipinski definition) is 3. The van der Waals surface area contributed by atoms with Gasteiger partial charge >= 0.3 is 6.18 Å². The van der Waals surface area contributed by atoms with E-state index < -0.39 is 42.3 Å². The van der Waals surface area contributed by atoms with E-state index in [0.717, 1.165) is 12.1 Å². The first-order chi connectivity index (χ1) is 11.1. The number of carbonyl (C=O) groups is 2. The summed E-state index contributed by atoms with van der Waals surface area (Å²) in [5.41, 5.74) is 3.73. The lowest BCUT2D eigenvalue weighted by molar-refractivity contribution is -0.137. The Kier molecular flexibility index (Phi) is 7.42. The first-order valence-corrected chi connectivity index (χ1v) is 7.51. The van der Waals surface area contributed by atoms with Gasteiger partial charge in [-0.05, 0) is 18.2 Å². The van der Waals surface area contributed by atoms with Crippen molar-refractivity contribution in [2.75, 3.05) is 24.2 Å². The molecule has 0 saturated carbocycles. The molecule has 0 heterocycles. The normalized spacial score (nSPS) is 11.5. The van der Waals surface area contributed by atoms with E-state index in [1.807, 2.05) is 0 Å². The van der Waals surface area contributed by atoms with Gasteiger partial charge in [-0.2, -0.15) is 13.2 Å². The smallest absolute Gasteiger partial charge is 0.346 e. The molecule has 4 N–H and O–H groups in total. The molecule has 0 saturated heterocycles. The molecule has 0 aromatic heterocycles. The topological polar surface area (TPSA) is 84.2 Å². The van der Waals surface area contributed by atoms with Crippen LogP contribution in [0.25, 0.3) is 0 Å². The highest BCUT2D eigenvalue weighted by Gasteiger charge is 2.31. The molecule has 0 atom stereocenters. The molecule has 134 valence electrons. The van der Waals surface area contributed by atoms with Gasteiger partial charge in [0.05, 0.1) is 30.1 Å². The van der Waals surface area contributed by atoms with Crippen LogP contribution in [-0.4, -0.2) is 37.1 Å². The number of hydrogen-bond acceptors (Lipinski definition) is 4. The summed E-state index contributed by atoms with van der Waals surface area (Å²) >= 11 is 0.606. The lowest BCUT2D eigenvalue weighted by atomic mass is 10.2. The largest absolute Gasteiger partial charge is 0.416 e. The average Bonchev–Trinajstić information content (AvgIpc) is 2.50. The van der Waals surface area contributed by atoms with Gasteiger partial charge in [-0.1, -0.05) is 0 Å². The van der Waals surface area contributed by atoms with Crippen LogP contribution in [0.1, 0.15) is 5.56 Å². The van der Waals surface area contributed by atoms with Crippen LogP contribution in [-0.2, 0) is 15.8 Å². The van der Waals surface area contributed by atoms with E-state index in [1.54, 1.807) is 0 Å². The predicted molar refractivity (Wildman–Crippen MR) is 78.9 cm³/mol. The van der Waals surface area contributed by atoms with Crippen LogP contribution in [0.3, 0.4) is 0 Å². The number of nitrogens with one attached hydrogen (secondary N) is 2. The van der Waals surface area contributed by atoms with E-state index >= 15 is 0 Å². The maximum absolute atomic E-state index is 12.7. The molecule has 0 bridgehead atoms. The third kappa shape index (κ3) is 6.71. The number of rotatable bonds is 7. The van der Waals surface area contributed by atoms with Crippen LogP contribution in [0.4, 0.5) is 27.6 Å². The zero-order chi connectivity index (χ0) is 18.3. The van der Waals surface area contributed by atoms with E-state index in [9.17, 15) is 31.5 Å². The van der Waals surface area contributed by atoms with Crippen molar-refractivity contribution in [2.24, 2.45) is 5.73 Å². The van der Waals surface area contributed by atoms with Crippen molar-refractivity contribution in [1.82, 2.24) is 5.32 Å². The molecule has 2 amide bonds. The van der Waals surface area contributed by atoms with Gasteiger partial charge in [-0.25, -0.2) is 8.78 Å². The minimum absolute atomic E-state index is 0.0572. The van der Waals surface area contributed by atoms with Gasteiger partial charge in [0.2, 0.25) is 18.2 Å². The Morgan fingerprint density at radius 3 is 2.42 bits per heavy atom. The summed E-state index contributed by atoms with van der Waals surface area (Å²) < 4.78 is 62.8. The highest BCUT2D eigenvalue weighted by Crippen LogP contribution is 2.36. The van der Waals surface area contributed by atoms with Crippen LogP contribution < -0.4 is 16.4 Å². The Hall–Kier alpha value is -1.88. The fraction of sp³-hybridized carbons (Fsp3) is 0.385. The van der Waals surface area contributed by atoms with Crippen LogP contribution in [0.5, 0.6) is 0 Å². The number of alkyl halides is 5. The van der Waals surface area contributed by atoms with Gasteiger partial charge in [0.25, 0.3) is 0 Å². The van der Waals surface area contributed by atoms with Crippen molar-refractivity contribution in [3.05, 3.63) is 23.8 Å². The first kappa shape index (κ1) is 20.2. The van der Waals surface area contributed by atoms with Crippen LogP contribution >= 0.6 is 11.8 Å². The standard InChI is InChI=1S/C13H14F5N3O2S/c14-10(15)6-24-9-2-1-7(13(16,17)18)3-8(9)21-12(23)5-20-11(22)4-19/h1-3,10H,4-6,19H2,(H,20,22)(H,21,23). The minimum atomic E-state index is -4.65. The molecule has 0 spiro atoms. The molecule has 0 radical (unpaired) electrons. The van der Waals surface area contributed by atoms with E-state index in [0.29, 0.717) is 17.8 Å². The lowest BCUT2D eigenvalue weighted by Crippen LogP contribution is -2.36. The van der Waals surface area contributed by atoms with Crippen molar-refractivity contribution in [2.45, 2.75) is 17.5 Å². The molecule has 11 heteroatoms. The fourth-order valence-electron chi connectivity index (χ4n) is 1.53. The van der Waals surface area contributed by atoms with E-state index in [2.05, 4.69) is 10.6 Å². The summed E-state index contributed by atoms with van der Waals surface area (Å²) in [6.45, 7) is -0.864. The molecule has 0 aliphatic carbocycles. The Morgan fingerprint density at radius 1 is 1.21 bits per heavy atom. The fourth-order valence-corrected chi connectivity index (χ4v) is 2.26. The maximum Gasteiger partial charge on any atom is 0.416 e. The van der Waals surface area contributed by atoms with Crippen molar-refractivity contribution in [3.8, 4) is 0 Å². The minimum Gasteiger partial charge on any atom is -0.346 e. The zero-order valence-corrected chi connectivity index (χ0v) is 12.9. The van der Waals surface area contributed by atoms with Crippen LogP contribution in [0, 0.1) is 0 Å². The average molecular weight is 371 g/mol. The Balaban J connectivity index is 2.93. The van der Waals surface area contributed by atoms with Gasteiger partial charge in [0.1, 0.15) is 0 Å². The van der Waals surface area contributed by atoms with E-state index in [1.165, 1.54) is 0 Å². The van der Waals surface area contributed by atoms with Gasteiger partial charge in [-0.15, -0.1) is 11.8 Å². The van der Waals surface area contributed by atoms with E-state index in [4.69, 9.17) is 5.73 Å². The number of benzene rings is 1. The van der Waals surface area contributed by atoms with Crippen LogP contribution in [0.2, 0.25) is 0 Å². The molecule has 24 heavy (non-hydrogen) atoms. The second-order valence-corrected chi connectivity index (χ2v) is 5.50. The summed E-state index contributed by atoms with van der Waals surface area (Å²) in [5.74, 6) is -2.07.